The zero-order valence-corrected chi connectivity index (χ0v) is 17.0. The van der Waals surface area contributed by atoms with Gasteiger partial charge in [-0.2, -0.15) is 5.26 Å². The van der Waals surface area contributed by atoms with E-state index in [0.717, 1.165) is 0 Å². The lowest BCUT2D eigenvalue weighted by atomic mass is 10.2. The maximum Gasteiger partial charge on any atom is 0.338 e. The Hall–Kier alpha value is -3.22. The first-order valence-corrected chi connectivity index (χ1v) is 10.2. The van der Waals surface area contributed by atoms with Gasteiger partial charge in [-0.25, -0.2) is 17.9 Å². The van der Waals surface area contributed by atoms with Crippen molar-refractivity contribution >= 4 is 27.6 Å². The quantitative estimate of drug-likeness (QED) is 0.669. The van der Waals surface area contributed by atoms with Crippen LogP contribution < -0.4 is 10.0 Å². The maximum absolute atomic E-state index is 12.3. The number of carbonyl (C=O) groups excluding carboxylic acids is 2. The number of hydrogen-bond donors (Lipinski definition) is 2. The van der Waals surface area contributed by atoms with E-state index in [1.807, 2.05) is 6.07 Å². The van der Waals surface area contributed by atoms with Gasteiger partial charge in [0.15, 0.2) is 6.10 Å². The average Bonchev–Trinajstić information content (AvgIpc) is 2.67. The highest BCUT2D eigenvalue weighted by Gasteiger charge is 2.21. The Bertz CT molecular complexity index is 1040. The molecule has 0 aromatic heterocycles. The van der Waals surface area contributed by atoms with Crippen molar-refractivity contribution in [1.82, 2.24) is 4.72 Å². The molecule has 0 heterocycles. The summed E-state index contributed by atoms with van der Waals surface area (Å²) in [6.45, 7) is 4.77. The maximum atomic E-state index is 12.3. The Morgan fingerprint density at radius 1 is 1.07 bits per heavy atom. The first-order chi connectivity index (χ1) is 13.6. The van der Waals surface area contributed by atoms with Crippen molar-refractivity contribution in [3.05, 3.63) is 59.7 Å². The molecule has 0 saturated heterocycles. The summed E-state index contributed by atoms with van der Waals surface area (Å²) >= 11 is 0. The third kappa shape index (κ3) is 6.14. The number of nitrogens with one attached hydrogen (secondary N) is 2. The van der Waals surface area contributed by atoms with Crippen LogP contribution in [0.2, 0.25) is 0 Å². The summed E-state index contributed by atoms with van der Waals surface area (Å²) < 4.78 is 32.1. The largest absolute Gasteiger partial charge is 0.449 e. The molecule has 1 amide bonds. The van der Waals surface area contributed by atoms with E-state index in [4.69, 9.17) is 10.00 Å². The molecule has 0 aliphatic carbocycles. The van der Waals surface area contributed by atoms with Crippen LogP contribution >= 0.6 is 0 Å². The number of hydrogen-bond acceptors (Lipinski definition) is 6. The molecular formula is C20H21N3O5S. The minimum Gasteiger partial charge on any atom is -0.449 e. The second-order valence-corrected chi connectivity index (χ2v) is 8.24. The smallest absolute Gasteiger partial charge is 0.338 e. The monoisotopic (exact) mass is 415 g/mol. The molecular weight excluding hydrogens is 394 g/mol. The van der Waals surface area contributed by atoms with Crippen LogP contribution in [-0.2, 0) is 19.6 Å². The Morgan fingerprint density at radius 3 is 2.31 bits per heavy atom. The van der Waals surface area contributed by atoms with E-state index >= 15 is 0 Å². The van der Waals surface area contributed by atoms with Crippen LogP contribution in [0, 0.1) is 11.3 Å². The van der Waals surface area contributed by atoms with Crippen molar-refractivity contribution in [2.75, 3.05) is 5.32 Å². The Morgan fingerprint density at radius 2 is 1.72 bits per heavy atom. The SMILES string of the molecule is CC(C)NS(=O)(=O)c1cccc(C(=O)O[C@@H](C)C(=O)Nc2ccc(C#N)cc2)c1. The molecule has 152 valence electrons. The van der Waals surface area contributed by atoms with Crippen LogP contribution in [0.25, 0.3) is 0 Å². The lowest BCUT2D eigenvalue weighted by molar-refractivity contribution is -0.123. The zero-order chi connectivity index (χ0) is 21.6. The number of rotatable bonds is 7. The summed E-state index contributed by atoms with van der Waals surface area (Å²) in [5.41, 5.74) is 0.906. The third-order valence-electron chi connectivity index (χ3n) is 3.71. The van der Waals surface area contributed by atoms with Gasteiger partial charge in [-0.3, -0.25) is 4.79 Å². The Balaban J connectivity index is 2.06. The highest BCUT2D eigenvalue weighted by Crippen LogP contribution is 2.15. The summed E-state index contributed by atoms with van der Waals surface area (Å²) in [5.74, 6) is -1.39. The molecule has 29 heavy (non-hydrogen) atoms. The molecule has 0 spiro atoms. The number of nitriles is 1. The second-order valence-electron chi connectivity index (χ2n) is 6.53. The van der Waals surface area contributed by atoms with Gasteiger partial charge in [-0.1, -0.05) is 6.07 Å². The topological polar surface area (TPSA) is 125 Å². The van der Waals surface area contributed by atoms with Crippen LogP contribution in [0.15, 0.2) is 53.4 Å². The number of ether oxygens (including phenoxy) is 1. The molecule has 0 bridgehead atoms. The molecule has 0 saturated carbocycles. The highest BCUT2D eigenvalue weighted by molar-refractivity contribution is 7.89. The number of anilines is 1. The number of benzene rings is 2. The Labute approximate surface area is 169 Å². The standard InChI is InChI=1S/C20H21N3O5S/c1-13(2)23-29(26,27)18-6-4-5-16(11-18)20(25)28-14(3)19(24)22-17-9-7-15(12-21)8-10-17/h4-11,13-14,23H,1-3H3,(H,22,24)/t14-/m0/s1. The number of nitrogens with zero attached hydrogens (tertiary/aromatic N) is 1. The molecule has 0 aliphatic rings. The van der Waals surface area contributed by atoms with E-state index in [0.29, 0.717) is 11.3 Å². The molecule has 0 aliphatic heterocycles. The summed E-state index contributed by atoms with van der Waals surface area (Å²) in [6.07, 6.45) is -1.12. The zero-order valence-electron chi connectivity index (χ0n) is 16.2. The molecule has 8 nitrogen and oxygen atoms in total. The number of amides is 1. The molecule has 2 aromatic rings. The van der Waals surface area contributed by atoms with Gasteiger partial charge in [0.25, 0.3) is 5.91 Å². The summed E-state index contributed by atoms with van der Waals surface area (Å²) in [6, 6.07) is 13.3. The van der Waals surface area contributed by atoms with Gasteiger partial charge in [0.05, 0.1) is 22.1 Å². The van der Waals surface area contributed by atoms with Crippen molar-refractivity contribution < 1.29 is 22.7 Å². The molecule has 9 heteroatoms. The normalized spacial score (nSPS) is 12.1. The van der Waals surface area contributed by atoms with Gasteiger partial charge in [0, 0.05) is 11.7 Å². The fraction of sp³-hybridized carbons (Fsp3) is 0.250. The van der Waals surface area contributed by atoms with Crippen LogP contribution in [0.5, 0.6) is 0 Å². The first kappa shape index (κ1) is 22.1. The van der Waals surface area contributed by atoms with Gasteiger partial charge in [-0.15, -0.1) is 0 Å². The number of sulfonamides is 1. The van der Waals surface area contributed by atoms with Crippen molar-refractivity contribution in [2.24, 2.45) is 0 Å². The van der Waals surface area contributed by atoms with E-state index in [9.17, 15) is 18.0 Å². The van der Waals surface area contributed by atoms with E-state index in [1.165, 1.54) is 31.2 Å². The highest BCUT2D eigenvalue weighted by atomic mass is 32.2. The van der Waals surface area contributed by atoms with Crippen molar-refractivity contribution in [3.63, 3.8) is 0 Å². The lowest BCUT2D eigenvalue weighted by Gasteiger charge is -2.14. The van der Waals surface area contributed by atoms with Gasteiger partial charge in [0.1, 0.15) is 0 Å². The lowest BCUT2D eigenvalue weighted by Crippen LogP contribution is -2.31. The summed E-state index contributed by atoms with van der Waals surface area (Å²) in [4.78, 5) is 24.5. The van der Waals surface area contributed by atoms with Crippen LogP contribution in [0.1, 0.15) is 36.7 Å². The van der Waals surface area contributed by atoms with Crippen molar-refractivity contribution in [1.29, 1.82) is 5.26 Å². The molecule has 2 rings (SSSR count). The fourth-order valence-corrected chi connectivity index (χ4v) is 3.62. The van der Waals surface area contributed by atoms with Gasteiger partial charge < -0.3 is 10.1 Å². The van der Waals surface area contributed by atoms with E-state index in [2.05, 4.69) is 10.0 Å². The van der Waals surface area contributed by atoms with E-state index < -0.39 is 28.0 Å². The predicted molar refractivity (Wildman–Crippen MR) is 107 cm³/mol. The van der Waals surface area contributed by atoms with Gasteiger partial charge in [-0.05, 0) is 63.2 Å². The fourth-order valence-electron chi connectivity index (χ4n) is 2.32. The molecule has 0 radical (unpaired) electrons. The van der Waals surface area contributed by atoms with Crippen LogP contribution in [0.3, 0.4) is 0 Å². The molecule has 2 N–H and O–H groups in total. The van der Waals surface area contributed by atoms with E-state index in [1.54, 1.807) is 38.1 Å². The van der Waals surface area contributed by atoms with Gasteiger partial charge >= 0.3 is 5.97 Å². The Kier molecular flexibility index (Phi) is 7.09. The molecule has 0 unspecified atom stereocenters. The minimum atomic E-state index is -3.77. The van der Waals surface area contributed by atoms with Gasteiger partial charge in [0.2, 0.25) is 10.0 Å². The summed E-state index contributed by atoms with van der Waals surface area (Å²) in [7, 11) is -3.77. The molecule has 1 atom stereocenters. The molecule has 0 fully saturated rings. The number of esters is 1. The molecule has 2 aromatic carbocycles. The summed E-state index contributed by atoms with van der Waals surface area (Å²) in [5, 5.41) is 11.4. The van der Waals surface area contributed by atoms with Crippen molar-refractivity contribution in [3.8, 4) is 6.07 Å². The minimum absolute atomic E-state index is 0.00894. The second kappa shape index (κ2) is 9.32. The predicted octanol–water partition coefficient (Wildman–Crippen LogP) is 2.43. The van der Waals surface area contributed by atoms with Crippen LogP contribution in [-0.4, -0.2) is 32.4 Å². The van der Waals surface area contributed by atoms with Crippen molar-refractivity contribution in [2.45, 2.75) is 37.8 Å². The van der Waals surface area contributed by atoms with E-state index in [-0.39, 0.29) is 16.5 Å². The van der Waals surface area contributed by atoms with Crippen LogP contribution in [0.4, 0.5) is 5.69 Å². The average molecular weight is 415 g/mol. The third-order valence-corrected chi connectivity index (χ3v) is 5.36. The number of carbonyl (C=O) groups is 2. The first-order valence-electron chi connectivity index (χ1n) is 8.77.